The molecule has 1 heterocycles. The molecule has 0 spiro atoms. The predicted molar refractivity (Wildman–Crippen MR) is 121 cm³/mol. The molecule has 0 aromatic heterocycles. The number of hydrogen-bond acceptors (Lipinski definition) is 4. The van der Waals surface area contributed by atoms with Gasteiger partial charge in [-0.25, -0.2) is 9.00 Å². The molecule has 0 amide bonds. The predicted octanol–water partition coefficient (Wildman–Crippen LogP) is 5.20. The fraction of sp³-hybridized carbons (Fsp3) is 0.409. The maximum atomic E-state index is 13.5. The van der Waals surface area contributed by atoms with Crippen molar-refractivity contribution in [2.24, 2.45) is 0 Å². The van der Waals surface area contributed by atoms with Gasteiger partial charge in [0.05, 0.1) is 33.3 Å². The number of hydrogen-bond donors (Lipinski definition) is 0. The van der Waals surface area contributed by atoms with Crippen LogP contribution in [-0.4, -0.2) is 35.0 Å². The van der Waals surface area contributed by atoms with Gasteiger partial charge in [0.25, 0.3) is 0 Å². The Morgan fingerprint density at radius 3 is 2.60 bits per heavy atom. The van der Waals surface area contributed by atoms with Crippen molar-refractivity contribution in [3.63, 3.8) is 0 Å². The first-order chi connectivity index (χ1) is 14.2. The van der Waals surface area contributed by atoms with Gasteiger partial charge in [0.2, 0.25) is 0 Å². The monoisotopic (exact) mass is 469 g/mol. The summed E-state index contributed by atoms with van der Waals surface area (Å²) in [6.45, 7) is 5.53. The fourth-order valence-electron chi connectivity index (χ4n) is 3.30. The number of ether oxygens (including phenoxy) is 2. The zero-order chi connectivity index (χ0) is 21.9. The second-order valence-corrected chi connectivity index (χ2v) is 10.3. The molecule has 8 heteroatoms. The van der Waals surface area contributed by atoms with Crippen LogP contribution in [0, 0.1) is 0 Å². The lowest BCUT2D eigenvalue weighted by Gasteiger charge is -2.37. The summed E-state index contributed by atoms with van der Waals surface area (Å²) in [7, 11) is -1.52. The third-order valence-electron chi connectivity index (χ3n) is 4.53. The van der Waals surface area contributed by atoms with Gasteiger partial charge in [0, 0.05) is 0 Å². The van der Waals surface area contributed by atoms with Crippen molar-refractivity contribution < 1.29 is 18.5 Å². The first-order valence-corrected chi connectivity index (χ1v) is 11.6. The van der Waals surface area contributed by atoms with Gasteiger partial charge in [0.1, 0.15) is 12.2 Å². The minimum Gasteiger partial charge on any atom is -0.458 e. The molecule has 30 heavy (non-hydrogen) atoms. The van der Waals surface area contributed by atoms with Gasteiger partial charge < -0.3 is 9.47 Å². The summed E-state index contributed by atoms with van der Waals surface area (Å²) in [6, 6.07) is 12.7. The van der Waals surface area contributed by atoms with E-state index >= 15 is 0 Å². The van der Waals surface area contributed by atoms with Gasteiger partial charge in [-0.3, -0.25) is 4.31 Å². The molecule has 2 atom stereocenters. The van der Waals surface area contributed by atoms with Gasteiger partial charge >= 0.3 is 5.97 Å². The van der Waals surface area contributed by atoms with Crippen LogP contribution in [0.25, 0.3) is 0 Å². The molecular formula is C22H25Cl2NO4S. The number of anilines is 1. The Bertz CT molecular complexity index is 945. The van der Waals surface area contributed by atoms with E-state index in [1.54, 1.807) is 18.2 Å². The molecular weight excluding hydrogens is 445 g/mol. The van der Waals surface area contributed by atoms with Crippen LogP contribution >= 0.6 is 23.2 Å². The summed E-state index contributed by atoms with van der Waals surface area (Å²) in [6.07, 6.45) is 1.59. The number of esters is 1. The van der Waals surface area contributed by atoms with Crippen LogP contribution in [0.1, 0.15) is 32.8 Å². The van der Waals surface area contributed by atoms with Crippen LogP contribution in [0.15, 0.2) is 47.4 Å². The Morgan fingerprint density at radius 1 is 1.17 bits per heavy atom. The summed E-state index contributed by atoms with van der Waals surface area (Å²) in [5.74, 6) is -0.420. The van der Waals surface area contributed by atoms with E-state index in [0.717, 1.165) is 24.1 Å². The normalized spacial score (nSPS) is 17.4. The minimum atomic E-state index is -1.52. The summed E-state index contributed by atoms with van der Waals surface area (Å²) in [5, 5.41) is 0.763. The summed E-state index contributed by atoms with van der Waals surface area (Å²) in [5.41, 5.74) is 1.44. The minimum absolute atomic E-state index is 0.150. The molecule has 2 aromatic rings. The van der Waals surface area contributed by atoms with E-state index < -0.39 is 22.6 Å². The van der Waals surface area contributed by atoms with Crippen LogP contribution in [0.4, 0.5) is 5.69 Å². The van der Waals surface area contributed by atoms with Gasteiger partial charge in [-0.15, -0.1) is 0 Å². The third kappa shape index (κ3) is 5.76. The molecule has 2 unspecified atom stereocenters. The van der Waals surface area contributed by atoms with E-state index in [1.807, 2.05) is 49.3 Å². The highest BCUT2D eigenvalue weighted by atomic mass is 35.5. The van der Waals surface area contributed by atoms with E-state index in [4.69, 9.17) is 32.7 Å². The molecule has 0 fully saturated rings. The van der Waals surface area contributed by atoms with Gasteiger partial charge in [-0.05, 0) is 63.4 Å². The highest BCUT2D eigenvalue weighted by Crippen LogP contribution is 2.35. The topological polar surface area (TPSA) is 55.8 Å². The van der Waals surface area contributed by atoms with Crippen molar-refractivity contribution in [3.05, 3.63) is 58.1 Å². The lowest BCUT2D eigenvalue weighted by molar-refractivity contribution is -0.160. The van der Waals surface area contributed by atoms with Crippen molar-refractivity contribution in [2.75, 3.05) is 17.5 Å². The Balaban J connectivity index is 1.79. The maximum Gasteiger partial charge on any atom is 0.332 e. The zero-order valence-corrected chi connectivity index (χ0v) is 19.5. The fourth-order valence-corrected chi connectivity index (χ4v) is 5.08. The smallest absolute Gasteiger partial charge is 0.332 e. The molecule has 1 aliphatic heterocycles. The second-order valence-electron chi connectivity index (χ2n) is 8.07. The van der Waals surface area contributed by atoms with Crippen molar-refractivity contribution in [3.8, 4) is 0 Å². The SMILES string of the molecule is CC(C)(C)OC(=O)COCC1CCc2ccccc2N1S(=O)c1ccc(Cl)c(Cl)c1. The van der Waals surface area contributed by atoms with Crippen molar-refractivity contribution in [2.45, 2.75) is 50.2 Å². The highest BCUT2D eigenvalue weighted by Gasteiger charge is 2.31. The number of benzene rings is 2. The number of carbonyl (C=O) groups is 1. The third-order valence-corrected chi connectivity index (χ3v) is 6.78. The molecule has 5 nitrogen and oxygen atoms in total. The quantitative estimate of drug-likeness (QED) is 0.545. The second kappa shape index (κ2) is 9.69. The lowest BCUT2D eigenvalue weighted by atomic mass is 9.98. The van der Waals surface area contributed by atoms with E-state index in [-0.39, 0.29) is 19.3 Å². The average molecular weight is 470 g/mol. The first kappa shape index (κ1) is 23.1. The average Bonchev–Trinajstić information content (AvgIpc) is 2.68. The molecule has 0 radical (unpaired) electrons. The van der Waals surface area contributed by atoms with Gasteiger partial charge in [-0.1, -0.05) is 41.4 Å². The molecule has 2 aromatic carbocycles. The number of carbonyl (C=O) groups excluding carboxylic acids is 1. The number of rotatable bonds is 6. The molecule has 0 N–H and O–H groups in total. The Hall–Kier alpha value is -1.60. The summed E-state index contributed by atoms with van der Waals surface area (Å²) in [4.78, 5) is 12.5. The van der Waals surface area contributed by atoms with Crippen LogP contribution in [-0.2, 0) is 31.7 Å². The lowest BCUT2D eigenvalue weighted by Crippen LogP contribution is -2.44. The van der Waals surface area contributed by atoms with Crippen molar-refractivity contribution in [1.29, 1.82) is 0 Å². The standard InChI is InChI=1S/C22H25Cl2NO4S/c1-22(2,3)29-21(26)14-28-13-16-9-8-15-6-4-5-7-20(15)25(16)30(27)17-10-11-18(23)19(24)12-17/h4-7,10-12,16H,8-9,13-14H2,1-3H3. The zero-order valence-electron chi connectivity index (χ0n) is 17.2. The Kier molecular flexibility index (Phi) is 7.45. The number of aryl methyl sites for hydroxylation is 1. The number of nitrogens with zero attached hydrogens (tertiary/aromatic N) is 1. The van der Waals surface area contributed by atoms with E-state index in [9.17, 15) is 9.00 Å². The molecule has 0 saturated heterocycles. The Morgan fingerprint density at radius 2 is 1.90 bits per heavy atom. The van der Waals surface area contributed by atoms with Crippen molar-refractivity contribution in [1.82, 2.24) is 0 Å². The molecule has 0 saturated carbocycles. The first-order valence-electron chi connectivity index (χ1n) is 9.69. The largest absolute Gasteiger partial charge is 0.458 e. The van der Waals surface area contributed by atoms with Crippen LogP contribution in [0.2, 0.25) is 10.0 Å². The van der Waals surface area contributed by atoms with Gasteiger partial charge in [0.15, 0.2) is 11.0 Å². The maximum absolute atomic E-state index is 13.5. The summed E-state index contributed by atoms with van der Waals surface area (Å²) >= 11 is 12.2. The molecule has 162 valence electrons. The van der Waals surface area contributed by atoms with E-state index in [1.165, 1.54) is 0 Å². The molecule has 3 rings (SSSR count). The number of para-hydroxylation sites is 1. The van der Waals surface area contributed by atoms with Crippen molar-refractivity contribution >= 4 is 45.8 Å². The summed E-state index contributed by atoms with van der Waals surface area (Å²) < 4.78 is 26.3. The van der Waals surface area contributed by atoms with Crippen LogP contribution in [0.5, 0.6) is 0 Å². The highest BCUT2D eigenvalue weighted by molar-refractivity contribution is 7.86. The molecule has 1 aliphatic rings. The number of fused-ring (bicyclic) bond motifs is 1. The Labute approximate surface area is 189 Å². The van der Waals surface area contributed by atoms with Crippen LogP contribution < -0.4 is 4.31 Å². The molecule has 0 bridgehead atoms. The van der Waals surface area contributed by atoms with E-state index in [0.29, 0.717) is 14.9 Å². The van der Waals surface area contributed by atoms with Crippen LogP contribution in [0.3, 0.4) is 0 Å². The number of halogens is 2. The van der Waals surface area contributed by atoms with Gasteiger partial charge in [-0.2, -0.15) is 0 Å². The molecule has 0 aliphatic carbocycles. The van der Waals surface area contributed by atoms with E-state index in [2.05, 4.69) is 0 Å².